The van der Waals surface area contributed by atoms with Crippen molar-refractivity contribution in [2.24, 2.45) is 0 Å². The number of thiophene rings is 1. The minimum absolute atomic E-state index is 0.795. The Kier molecular flexibility index (Phi) is 3.92. The molecule has 0 aliphatic heterocycles. The lowest BCUT2D eigenvalue weighted by Crippen LogP contribution is -1.86. The van der Waals surface area contributed by atoms with Gasteiger partial charge in [-0.2, -0.15) is 4.37 Å². The third kappa shape index (κ3) is 2.63. The Hall–Kier alpha value is -3.60. The highest BCUT2D eigenvalue weighted by Gasteiger charge is 2.16. The van der Waals surface area contributed by atoms with Gasteiger partial charge in [0, 0.05) is 36.7 Å². The van der Waals surface area contributed by atoms with Crippen LogP contribution in [-0.4, -0.2) is 9.36 Å². The number of fused-ring (bicyclic) bond motifs is 6. The summed E-state index contributed by atoms with van der Waals surface area (Å²) >= 11 is 3.32. The summed E-state index contributed by atoms with van der Waals surface area (Å²) < 4.78 is 7.42. The van der Waals surface area contributed by atoms with Crippen LogP contribution in [0.15, 0.2) is 97.1 Å². The van der Waals surface area contributed by atoms with Crippen molar-refractivity contribution in [3.05, 3.63) is 97.1 Å². The summed E-state index contributed by atoms with van der Waals surface area (Å²) in [7, 11) is 0. The molecule has 2 nitrogen and oxygen atoms in total. The van der Waals surface area contributed by atoms with Crippen molar-refractivity contribution in [3.63, 3.8) is 0 Å². The molecule has 0 aliphatic rings. The Morgan fingerprint density at radius 1 is 0.531 bits per heavy atom. The first-order valence-electron chi connectivity index (χ1n) is 10.5. The fraction of sp³-hybridized carbons (Fsp3) is 0. The van der Waals surface area contributed by atoms with Gasteiger partial charge in [-0.15, -0.1) is 11.3 Å². The average Bonchev–Trinajstić information content (AvgIpc) is 3.48. The third-order valence-electron chi connectivity index (χ3n) is 6.07. The number of nitrogens with zero attached hydrogens (tertiary/aromatic N) is 2. The molecule has 0 radical (unpaired) electrons. The maximum absolute atomic E-state index is 5.06. The fourth-order valence-corrected chi connectivity index (χ4v) is 6.48. The molecule has 2 heterocycles. The number of rotatable bonds is 2. The molecule has 2 aromatic heterocycles. The lowest BCUT2D eigenvalue weighted by Gasteiger charge is -2.07. The van der Waals surface area contributed by atoms with Crippen LogP contribution in [0.2, 0.25) is 0 Å². The standard InChI is InChI=1S/C28H16N2S2/c1-2-9-19-17(7-1)15-16-18-8-5-11-21(25(18)19)27-29-28(32-30-27)22-12-6-14-24-26(22)20-10-3-4-13-23(20)31-24/h1-16H. The van der Waals surface area contributed by atoms with E-state index in [9.17, 15) is 0 Å². The van der Waals surface area contributed by atoms with Crippen molar-refractivity contribution in [2.75, 3.05) is 0 Å². The molecule has 0 N–H and O–H groups in total. The molecule has 7 rings (SSSR count). The zero-order chi connectivity index (χ0) is 21.1. The van der Waals surface area contributed by atoms with Gasteiger partial charge in [0.1, 0.15) is 5.01 Å². The van der Waals surface area contributed by atoms with Crippen molar-refractivity contribution in [1.82, 2.24) is 9.36 Å². The summed E-state index contributed by atoms with van der Waals surface area (Å²) in [5.74, 6) is 0.795. The van der Waals surface area contributed by atoms with Gasteiger partial charge in [-0.25, -0.2) is 4.98 Å². The van der Waals surface area contributed by atoms with Crippen LogP contribution in [0.3, 0.4) is 0 Å². The van der Waals surface area contributed by atoms with Crippen LogP contribution >= 0.6 is 22.9 Å². The minimum Gasteiger partial charge on any atom is -0.215 e. The topological polar surface area (TPSA) is 25.8 Å². The highest BCUT2D eigenvalue weighted by Crippen LogP contribution is 2.41. The van der Waals surface area contributed by atoms with Crippen LogP contribution in [0.25, 0.3) is 63.7 Å². The SMILES string of the molecule is c1ccc2c(c1)ccc1cccc(-c3nsc(-c4cccc5sc6ccccc6c45)n3)c12. The maximum Gasteiger partial charge on any atom is 0.174 e. The molecule has 0 bridgehead atoms. The second-order valence-electron chi connectivity index (χ2n) is 7.89. The van der Waals surface area contributed by atoms with Crippen LogP contribution in [-0.2, 0) is 0 Å². The van der Waals surface area contributed by atoms with E-state index in [-0.39, 0.29) is 0 Å². The summed E-state index contributed by atoms with van der Waals surface area (Å²) in [5.41, 5.74) is 2.25. The molecule has 0 aliphatic carbocycles. The van der Waals surface area contributed by atoms with Gasteiger partial charge in [0.05, 0.1) is 0 Å². The summed E-state index contributed by atoms with van der Waals surface area (Å²) in [6, 6.07) is 34.4. The smallest absolute Gasteiger partial charge is 0.174 e. The third-order valence-corrected chi connectivity index (χ3v) is 7.95. The molecule has 0 fully saturated rings. The molecule has 0 amide bonds. The van der Waals surface area contributed by atoms with E-state index >= 15 is 0 Å². The predicted octanol–water partition coefficient (Wildman–Crippen LogP) is 8.55. The fourth-order valence-electron chi connectivity index (χ4n) is 4.64. The van der Waals surface area contributed by atoms with E-state index in [1.165, 1.54) is 53.2 Å². The Morgan fingerprint density at radius 2 is 1.25 bits per heavy atom. The summed E-state index contributed by atoms with van der Waals surface area (Å²) in [5, 5.41) is 8.43. The van der Waals surface area contributed by atoms with Gasteiger partial charge in [-0.1, -0.05) is 84.9 Å². The summed E-state index contributed by atoms with van der Waals surface area (Å²) in [6.07, 6.45) is 0. The molecular formula is C28H16N2S2. The van der Waals surface area contributed by atoms with Gasteiger partial charge in [0.25, 0.3) is 0 Å². The maximum atomic E-state index is 5.06. The quantitative estimate of drug-likeness (QED) is 0.250. The molecule has 0 unspecified atom stereocenters. The monoisotopic (exact) mass is 444 g/mol. The lowest BCUT2D eigenvalue weighted by atomic mass is 9.97. The van der Waals surface area contributed by atoms with Gasteiger partial charge in [-0.3, -0.25) is 0 Å². The first kappa shape index (κ1) is 18.0. The number of aromatic nitrogens is 2. The van der Waals surface area contributed by atoms with E-state index in [0.717, 1.165) is 22.0 Å². The van der Waals surface area contributed by atoms with Crippen molar-refractivity contribution < 1.29 is 0 Å². The van der Waals surface area contributed by atoms with Crippen LogP contribution < -0.4 is 0 Å². The van der Waals surface area contributed by atoms with Crippen molar-refractivity contribution >= 4 is 64.6 Å². The van der Waals surface area contributed by atoms with Crippen LogP contribution in [0.4, 0.5) is 0 Å². The molecule has 150 valence electrons. The lowest BCUT2D eigenvalue weighted by molar-refractivity contribution is 1.34. The molecule has 4 heteroatoms. The first-order chi connectivity index (χ1) is 15.9. The van der Waals surface area contributed by atoms with Crippen LogP contribution in [0, 0.1) is 0 Å². The van der Waals surface area contributed by atoms with Crippen molar-refractivity contribution in [3.8, 4) is 22.0 Å². The Bertz CT molecular complexity index is 1790. The number of hydrogen-bond donors (Lipinski definition) is 0. The van der Waals surface area contributed by atoms with Gasteiger partial charge in [0.15, 0.2) is 5.82 Å². The van der Waals surface area contributed by atoms with E-state index in [1.54, 1.807) is 0 Å². The molecular weight excluding hydrogens is 428 g/mol. The van der Waals surface area contributed by atoms with E-state index in [2.05, 4.69) is 97.1 Å². The molecule has 7 aromatic rings. The second kappa shape index (κ2) is 6.95. The number of benzene rings is 5. The molecule has 0 atom stereocenters. The molecule has 0 saturated carbocycles. The summed E-state index contributed by atoms with van der Waals surface area (Å²) in [4.78, 5) is 5.06. The van der Waals surface area contributed by atoms with E-state index in [1.807, 2.05) is 11.3 Å². The average molecular weight is 445 g/mol. The van der Waals surface area contributed by atoms with Gasteiger partial charge >= 0.3 is 0 Å². The minimum atomic E-state index is 0.795. The molecule has 5 aromatic carbocycles. The zero-order valence-electron chi connectivity index (χ0n) is 16.9. The predicted molar refractivity (Wildman–Crippen MR) is 139 cm³/mol. The Balaban J connectivity index is 1.47. The van der Waals surface area contributed by atoms with Gasteiger partial charge < -0.3 is 0 Å². The molecule has 0 spiro atoms. The largest absolute Gasteiger partial charge is 0.215 e. The highest BCUT2D eigenvalue weighted by atomic mass is 32.1. The second-order valence-corrected chi connectivity index (χ2v) is 9.73. The van der Waals surface area contributed by atoms with Gasteiger partial charge in [0.2, 0.25) is 0 Å². The van der Waals surface area contributed by atoms with Crippen LogP contribution in [0.5, 0.6) is 0 Å². The highest BCUT2D eigenvalue weighted by molar-refractivity contribution is 7.26. The Labute approximate surface area is 192 Å². The molecule has 32 heavy (non-hydrogen) atoms. The number of hydrogen-bond acceptors (Lipinski definition) is 4. The Morgan fingerprint density at radius 3 is 2.22 bits per heavy atom. The first-order valence-corrected chi connectivity index (χ1v) is 12.1. The van der Waals surface area contributed by atoms with Gasteiger partial charge in [-0.05, 0) is 39.8 Å². The van der Waals surface area contributed by atoms with E-state index in [4.69, 9.17) is 9.36 Å². The van der Waals surface area contributed by atoms with Crippen molar-refractivity contribution in [2.45, 2.75) is 0 Å². The van der Waals surface area contributed by atoms with E-state index < -0.39 is 0 Å². The summed E-state index contributed by atoms with van der Waals surface area (Å²) in [6.45, 7) is 0. The zero-order valence-corrected chi connectivity index (χ0v) is 18.6. The normalized spacial score (nSPS) is 11.8. The van der Waals surface area contributed by atoms with E-state index in [0.29, 0.717) is 0 Å². The van der Waals surface area contributed by atoms with Crippen LogP contribution in [0.1, 0.15) is 0 Å². The molecule has 0 saturated heterocycles. The van der Waals surface area contributed by atoms with Crippen molar-refractivity contribution in [1.29, 1.82) is 0 Å².